The zero-order valence-electron chi connectivity index (χ0n) is 8.64. The van der Waals surface area contributed by atoms with Crippen LogP contribution >= 0.6 is 0 Å². The molecule has 0 aromatic carbocycles. The molecule has 0 saturated heterocycles. The van der Waals surface area contributed by atoms with E-state index in [-0.39, 0.29) is 12.2 Å². The van der Waals surface area contributed by atoms with Gasteiger partial charge in [0.2, 0.25) is 0 Å². The monoisotopic (exact) mass is 213 g/mol. The van der Waals surface area contributed by atoms with E-state index in [4.69, 9.17) is 9.84 Å². The van der Waals surface area contributed by atoms with Crippen molar-refractivity contribution in [2.75, 3.05) is 38.3 Å². The number of rotatable bonds is 6. The third-order valence-corrected chi connectivity index (χ3v) is 1.95. The Kier molecular flexibility index (Phi) is 4.79. The third-order valence-electron chi connectivity index (χ3n) is 1.95. The highest BCUT2D eigenvalue weighted by atomic mass is 16.5. The zero-order valence-corrected chi connectivity index (χ0v) is 8.64. The van der Waals surface area contributed by atoms with Gasteiger partial charge in [0.25, 0.3) is 5.56 Å². The molecule has 0 radical (unpaired) electrons. The average Bonchev–Trinajstić information content (AvgIpc) is 2.24. The van der Waals surface area contributed by atoms with E-state index >= 15 is 0 Å². The number of hydrogen-bond donors (Lipinski definition) is 2. The lowest BCUT2D eigenvalue weighted by Crippen LogP contribution is -2.31. The molecule has 6 heteroatoms. The number of aromatic nitrogens is 2. The molecule has 0 amide bonds. The van der Waals surface area contributed by atoms with E-state index in [0.717, 1.165) is 0 Å². The lowest BCUT2D eigenvalue weighted by Gasteiger charge is -2.22. The molecule has 2 N–H and O–H groups in total. The van der Waals surface area contributed by atoms with E-state index in [9.17, 15) is 4.79 Å². The minimum Gasteiger partial charge on any atom is -0.395 e. The Morgan fingerprint density at radius 1 is 1.60 bits per heavy atom. The Morgan fingerprint density at radius 3 is 3.00 bits per heavy atom. The van der Waals surface area contributed by atoms with Crippen LogP contribution in [0.25, 0.3) is 0 Å². The number of ether oxygens (including phenoxy) is 1. The molecule has 0 spiro atoms. The summed E-state index contributed by atoms with van der Waals surface area (Å²) in [6.07, 6.45) is 1.55. The molecule has 84 valence electrons. The van der Waals surface area contributed by atoms with Crippen molar-refractivity contribution in [3.8, 4) is 0 Å². The highest BCUT2D eigenvalue weighted by Gasteiger charge is 2.06. The molecule has 0 aliphatic carbocycles. The molecule has 1 aromatic heterocycles. The summed E-state index contributed by atoms with van der Waals surface area (Å²) in [4.78, 5) is 12.9. The van der Waals surface area contributed by atoms with Gasteiger partial charge in [0.05, 0.1) is 25.1 Å². The Hall–Kier alpha value is -1.40. The summed E-state index contributed by atoms with van der Waals surface area (Å²) in [6, 6.07) is 1.44. The largest absolute Gasteiger partial charge is 0.395 e. The highest BCUT2D eigenvalue weighted by Crippen LogP contribution is 2.07. The molecule has 15 heavy (non-hydrogen) atoms. The molecule has 0 aliphatic rings. The van der Waals surface area contributed by atoms with Gasteiger partial charge in [-0.15, -0.1) is 0 Å². The van der Waals surface area contributed by atoms with Gasteiger partial charge in [-0.2, -0.15) is 5.10 Å². The smallest absolute Gasteiger partial charge is 0.266 e. The predicted octanol–water partition coefficient (Wildman–Crippen LogP) is -0.785. The molecular formula is C9H15N3O3. The van der Waals surface area contributed by atoms with Crippen LogP contribution in [0.5, 0.6) is 0 Å². The molecule has 0 bridgehead atoms. The van der Waals surface area contributed by atoms with E-state index in [1.165, 1.54) is 6.07 Å². The summed E-state index contributed by atoms with van der Waals surface area (Å²) in [5.74, 6) is 0. The number of methoxy groups -OCH3 is 1. The molecule has 1 aromatic rings. The molecule has 0 aliphatic heterocycles. The number of aliphatic hydroxyl groups excluding tert-OH is 1. The van der Waals surface area contributed by atoms with Crippen molar-refractivity contribution < 1.29 is 9.84 Å². The summed E-state index contributed by atoms with van der Waals surface area (Å²) in [5.41, 5.74) is 0.428. The van der Waals surface area contributed by atoms with E-state index in [1.807, 2.05) is 4.90 Å². The van der Waals surface area contributed by atoms with Crippen molar-refractivity contribution >= 4 is 5.69 Å². The maximum Gasteiger partial charge on any atom is 0.266 e. The average molecular weight is 213 g/mol. The number of aromatic amines is 1. The van der Waals surface area contributed by atoms with Crippen molar-refractivity contribution in [3.05, 3.63) is 22.6 Å². The van der Waals surface area contributed by atoms with Crippen molar-refractivity contribution in [1.82, 2.24) is 10.2 Å². The first kappa shape index (κ1) is 11.7. The van der Waals surface area contributed by atoms with Crippen LogP contribution in [0, 0.1) is 0 Å². The number of H-pyrrole nitrogens is 1. The summed E-state index contributed by atoms with van der Waals surface area (Å²) >= 11 is 0. The fourth-order valence-corrected chi connectivity index (χ4v) is 1.23. The van der Waals surface area contributed by atoms with Gasteiger partial charge in [0.15, 0.2) is 0 Å². The number of nitrogens with zero attached hydrogens (tertiary/aromatic N) is 2. The van der Waals surface area contributed by atoms with E-state index in [1.54, 1.807) is 13.3 Å². The van der Waals surface area contributed by atoms with Crippen LogP contribution in [0.1, 0.15) is 0 Å². The zero-order chi connectivity index (χ0) is 11.1. The van der Waals surface area contributed by atoms with Gasteiger partial charge < -0.3 is 14.7 Å². The van der Waals surface area contributed by atoms with Crippen LogP contribution in [0.4, 0.5) is 5.69 Å². The number of anilines is 1. The van der Waals surface area contributed by atoms with Crippen LogP contribution < -0.4 is 10.5 Å². The summed E-state index contributed by atoms with van der Waals surface area (Å²) in [7, 11) is 1.60. The molecule has 1 rings (SSSR count). The van der Waals surface area contributed by atoms with Gasteiger partial charge in [0, 0.05) is 26.3 Å². The van der Waals surface area contributed by atoms with Gasteiger partial charge in [-0.05, 0) is 0 Å². The van der Waals surface area contributed by atoms with Crippen LogP contribution in [0.15, 0.2) is 17.1 Å². The standard InChI is InChI=1S/C9H15N3O3/c1-15-5-3-12(2-4-13)8-6-9(14)11-10-7-8/h6-7,13H,2-5H2,1H3,(H,11,14). The number of nitrogens with one attached hydrogen (secondary N) is 1. The summed E-state index contributed by atoms with van der Waals surface area (Å²) in [6.45, 7) is 1.62. The molecule has 6 nitrogen and oxygen atoms in total. The van der Waals surface area contributed by atoms with Gasteiger partial charge in [0.1, 0.15) is 0 Å². The van der Waals surface area contributed by atoms with E-state index in [2.05, 4.69) is 10.2 Å². The second-order valence-corrected chi connectivity index (χ2v) is 3.01. The molecule has 0 fully saturated rings. The molecule has 0 atom stereocenters. The van der Waals surface area contributed by atoms with Crippen molar-refractivity contribution in [2.45, 2.75) is 0 Å². The maximum absolute atomic E-state index is 11.0. The minimum atomic E-state index is -0.257. The topological polar surface area (TPSA) is 78.5 Å². The Labute approximate surface area is 87.5 Å². The SMILES string of the molecule is COCCN(CCO)c1cn[nH]c(=O)c1. The number of aliphatic hydroxyl groups is 1. The normalized spacial score (nSPS) is 10.3. The van der Waals surface area contributed by atoms with Gasteiger partial charge in [-0.25, -0.2) is 5.10 Å². The summed E-state index contributed by atoms with van der Waals surface area (Å²) < 4.78 is 4.94. The molecule has 0 saturated carbocycles. The van der Waals surface area contributed by atoms with Crippen LogP contribution in [0.3, 0.4) is 0 Å². The number of hydrogen-bond acceptors (Lipinski definition) is 5. The summed E-state index contributed by atoms with van der Waals surface area (Å²) in [5, 5.41) is 14.9. The van der Waals surface area contributed by atoms with E-state index in [0.29, 0.717) is 25.4 Å². The van der Waals surface area contributed by atoms with Crippen LogP contribution in [-0.4, -0.2) is 48.7 Å². The fraction of sp³-hybridized carbons (Fsp3) is 0.556. The Morgan fingerprint density at radius 2 is 2.40 bits per heavy atom. The van der Waals surface area contributed by atoms with Crippen molar-refractivity contribution in [3.63, 3.8) is 0 Å². The third kappa shape index (κ3) is 3.69. The highest BCUT2D eigenvalue weighted by molar-refractivity contribution is 5.42. The molecule has 0 unspecified atom stereocenters. The fourth-order valence-electron chi connectivity index (χ4n) is 1.23. The minimum absolute atomic E-state index is 0.0243. The predicted molar refractivity (Wildman–Crippen MR) is 56.0 cm³/mol. The van der Waals surface area contributed by atoms with Crippen LogP contribution in [-0.2, 0) is 4.74 Å². The lowest BCUT2D eigenvalue weighted by atomic mass is 10.4. The van der Waals surface area contributed by atoms with E-state index < -0.39 is 0 Å². The first-order valence-electron chi connectivity index (χ1n) is 4.67. The molecule has 1 heterocycles. The van der Waals surface area contributed by atoms with Gasteiger partial charge in [-0.1, -0.05) is 0 Å². The van der Waals surface area contributed by atoms with Gasteiger partial charge in [-0.3, -0.25) is 4.79 Å². The van der Waals surface area contributed by atoms with Crippen molar-refractivity contribution in [2.24, 2.45) is 0 Å². The second-order valence-electron chi connectivity index (χ2n) is 3.01. The Balaban J connectivity index is 2.73. The lowest BCUT2D eigenvalue weighted by molar-refractivity contribution is 0.203. The molecular weight excluding hydrogens is 198 g/mol. The second kappa shape index (κ2) is 6.15. The first-order chi connectivity index (χ1) is 7.27. The maximum atomic E-state index is 11.0. The Bertz CT molecular complexity index is 339. The first-order valence-corrected chi connectivity index (χ1v) is 4.67. The van der Waals surface area contributed by atoms with Gasteiger partial charge >= 0.3 is 0 Å². The van der Waals surface area contributed by atoms with Crippen LogP contribution in [0.2, 0.25) is 0 Å². The quantitative estimate of drug-likeness (QED) is 0.647. The van der Waals surface area contributed by atoms with Crippen molar-refractivity contribution in [1.29, 1.82) is 0 Å².